The van der Waals surface area contributed by atoms with E-state index in [1.54, 1.807) is 19.1 Å². The van der Waals surface area contributed by atoms with E-state index in [-0.39, 0.29) is 36.2 Å². The number of alkyl carbamates (subject to hydrolysis) is 1. The van der Waals surface area contributed by atoms with Gasteiger partial charge < -0.3 is 10.1 Å². The third-order valence-electron chi connectivity index (χ3n) is 3.38. The molecule has 1 N–H and O–H groups in total. The number of nitrogens with zero attached hydrogens (tertiary/aromatic N) is 1. The fourth-order valence-corrected chi connectivity index (χ4v) is 2.23. The monoisotopic (exact) mass is 300 g/mol. The van der Waals surface area contributed by atoms with Gasteiger partial charge in [0.25, 0.3) is 5.69 Å². The topological polar surface area (TPSA) is 81.5 Å². The van der Waals surface area contributed by atoms with E-state index < -0.39 is 11.0 Å². The van der Waals surface area contributed by atoms with Crippen LogP contribution in [0.3, 0.4) is 0 Å². The molecule has 1 aromatic rings. The van der Waals surface area contributed by atoms with Crippen molar-refractivity contribution in [3.05, 3.63) is 39.4 Å². The first-order chi connectivity index (χ1) is 8.81. The van der Waals surface area contributed by atoms with Crippen LogP contribution in [0.2, 0.25) is 0 Å². The number of halogens is 1. The van der Waals surface area contributed by atoms with Gasteiger partial charge in [0.05, 0.1) is 11.0 Å². The number of carbonyl (C=O) groups excluding carboxylic acids is 1. The number of carbonyl (C=O) groups is 1. The number of benzene rings is 1. The molecule has 0 bridgehead atoms. The molecule has 1 heterocycles. The highest BCUT2D eigenvalue weighted by Gasteiger charge is 2.38. The zero-order valence-corrected chi connectivity index (χ0v) is 12.3. The molecule has 0 unspecified atom stereocenters. The van der Waals surface area contributed by atoms with Gasteiger partial charge in [0.15, 0.2) is 0 Å². The van der Waals surface area contributed by atoms with Crippen molar-refractivity contribution in [3.63, 3.8) is 0 Å². The number of ether oxygens (including phenoxy) is 1. The van der Waals surface area contributed by atoms with Crippen molar-refractivity contribution < 1.29 is 14.5 Å². The summed E-state index contributed by atoms with van der Waals surface area (Å²) in [5.74, 6) is 0. The predicted molar refractivity (Wildman–Crippen MR) is 76.1 cm³/mol. The molecule has 1 fully saturated rings. The Kier molecular flexibility index (Phi) is 4.60. The molecule has 1 atom stereocenters. The number of nitro groups is 1. The largest absolute Gasteiger partial charge is 0.449 e. The molecule has 1 saturated heterocycles. The van der Waals surface area contributed by atoms with E-state index >= 15 is 0 Å². The van der Waals surface area contributed by atoms with Gasteiger partial charge in [0.2, 0.25) is 0 Å². The van der Waals surface area contributed by atoms with Crippen molar-refractivity contribution in [3.8, 4) is 0 Å². The summed E-state index contributed by atoms with van der Waals surface area (Å²) in [6.07, 6.45) is -0.493. The van der Waals surface area contributed by atoms with Gasteiger partial charge in [-0.1, -0.05) is 26.0 Å². The lowest BCUT2D eigenvalue weighted by atomic mass is 9.80. The van der Waals surface area contributed by atoms with Gasteiger partial charge in [-0.25, -0.2) is 4.79 Å². The normalized spacial score (nSPS) is 20.4. The average Bonchev–Trinajstić information content (AvgIpc) is 2.33. The maximum Gasteiger partial charge on any atom is 0.407 e. The minimum Gasteiger partial charge on any atom is -0.449 e. The molecule has 1 amide bonds. The zero-order valence-electron chi connectivity index (χ0n) is 11.5. The number of hydrogen-bond donors (Lipinski definition) is 1. The Hall–Kier alpha value is -1.82. The quantitative estimate of drug-likeness (QED) is 0.672. The number of cyclic esters (lactones) is 1. The zero-order chi connectivity index (χ0) is 14.2. The van der Waals surface area contributed by atoms with E-state index in [1.165, 1.54) is 6.07 Å². The highest BCUT2D eigenvalue weighted by molar-refractivity contribution is 5.85. The Morgan fingerprint density at radius 3 is 2.70 bits per heavy atom. The van der Waals surface area contributed by atoms with Crippen LogP contribution in [0.4, 0.5) is 10.5 Å². The number of nitro benzene ring substituents is 1. The second-order valence-corrected chi connectivity index (χ2v) is 5.45. The van der Waals surface area contributed by atoms with Crippen LogP contribution in [0.15, 0.2) is 18.2 Å². The van der Waals surface area contributed by atoms with Gasteiger partial charge >= 0.3 is 6.09 Å². The molecule has 1 aliphatic rings. The van der Waals surface area contributed by atoms with Crippen LogP contribution in [-0.2, 0) is 4.74 Å². The van der Waals surface area contributed by atoms with Crippen LogP contribution in [0.5, 0.6) is 0 Å². The van der Waals surface area contributed by atoms with Crippen molar-refractivity contribution in [2.45, 2.75) is 26.8 Å². The van der Waals surface area contributed by atoms with E-state index in [9.17, 15) is 14.9 Å². The number of nitrogens with one attached hydrogen (secondary N) is 1. The second kappa shape index (κ2) is 5.66. The average molecular weight is 301 g/mol. The van der Waals surface area contributed by atoms with Crippen molar-refractivity contribution in [2.24, 2.45) is 5.41 Å². The van der Waals surface area contributed by atoms with Crippen LogP contribution >= 0.6 is 12.4 Å². The number of rotatable bonds is 2. The van der Waals surface area contributed by atoms with Gasteiger partial charge in [-0.05, 0) is 12.5 Å². The minimum atomic E-state index is -0.493. The van der Waals surface area contributed by atoms with Crippen LogP contribution in [0.1, 0.15) is 31.0 Å². The lowest BCUT2D eigenvalue weighted by molar-refractivity contribution is -0.385. The Balaban J connectivity index is 0.00000200. The Morgan fingerprint density at radius 2 is 2.10 bits per heavy atom. The maximum absolute atomic E-state index is 11.4. The summed E-state index contributed by atoms with van der Waals surface area (Å²) in [6.45, 7) is 5.87. The van der Waals surface area contributed by atoms with Gasteiger partial charge in [-0.3, -0.25) is 10.1 Å². The summed E-state index contributed by atoms with van der Waals surface area (Å²) >= 11 is 0. The second-order valence-electron chi connectivity index (χ2n) is 5.45. The molecule has 1 aliphatic heterocycles. The minimum absolute atomic E-state index is 0. The van der Waals surface area contributed by atoms with Crippen LogP contribution in [-0.4, -0.2) is 17.6 Å². The van der Waals surface area contributed by atoms with Crippen LogP contribution in [0.25, 0.3) is 0 Å². The molecule has 0 aliphatic carbocycles. The van der Waals surface area contributed by atoms with Crippen molar-refractivity contribution >= 4 is 24.2 Å². The molecule has 0 spiro atoms. The summed E-state index contributed by atoms with van der Waals surface area (Å²) < 4.78 is 4.96. The van der Waals surface area contributed by atoms with Crippen LogP contribution < -0.4 is 5.32 Å². The lowest BCUT2D eigenvalue weighted by Gasteiger charge is -2.38. The first-order valence-electron chi connectivity index (χ1n) is 5.99. The van der Waals surface area contributed by atoms with Crippen LogP contribution in [0, 0.1) is 22.5 Å². The number of amides is 1. The molecule has 0 aromatic heterocycles. The predicted octanol–water partition coefficient (Wildman–Crippen LogP) is 3.13. The number of aryl methyl sites for hydroxylation is 1. The summed E-state index contributed by atoms with van der Waals surface area (Å²) in [5.41, 5.74) is 1.06. The maximum atomic E-state index is 11.4. The molecular weight excluding hydrogens is 284 g/mol. The first kappa shape index (κ1) is 16.2. The SMILES string of the molecule is Cc1ccc([C@H]2NC(=O)OCC2(C)C)cc1[N+](=O)[O-].Cl. The smallest absolute Gasteiger partial charge is 0.407 e. The van der Waals surface area contributed by atoms with E-state index in [1.807, 2.05) is 13.8 Å². The molecule has 2 rings (SSSR count). The molecule has 110 valence electrons. The summed E-state index contributed by atoms with van der Waals surface area (Å²) in [7, 11) is 0. The summed E-state index contributed by atoms with van der Waals surface area (Å²) in [5, 5.41) is 13.7. The summed E-state index contributed by atoms with van der Waals surface area (Å²) in [4.78, 5) is 21.9. The van der Waals surface area contributed by atoms with Gasteiger partial charge in [-0.15, -0.1) is 12.4 Å². The van der Waals surface area contributed by atoms with E-state index in [2.05, 4.69) is 5.32 Å². The fraction of sp³-hybridized carbons (Fsp3) is 0.462. The molecular formula is C13H17ClN2O4. The Morgan fingerprint density at radius 1 is 1.45 bits per heavy atom. The van der Waals surface area contributed by atoms with Gasteiger partial charge in [0.1, 0.15) is 6.61 Å². The highest BCUT2D eigenvalue weighted by Crippen LogP contribution is 2.37. The van der Waals surface area contributed by atoms with Crippen molar-refractivity contribution in [2.75, 3.05) is 6.61 Å². The Labute approximate surface area is 123 Å². The fourth-order valence-electron chi connectivity index (χ4n) is 2.23. The Bertz CT molecular complexity index is 545. The van der Waals surface area contributed by atoms with E-state index in [0.29, 0.717) is 5.56 Å². The molecule has 20 heavy (non-hydrogen) atoms. The van der Waals surface area contributed by atoms with Crippen molar-refractivity contribution in [1.29, 1.82) is 0 Å². The van der Waals surface area contributed by atoms with E-state index in [4.69, 9.17) is 4.74 Å². The molecule has 7 heteroatoms. The number of hydrogen-bond acceptors (Lipinski definition) is 4. The standard InChI is InChI=1S/C13H16N2O4.ClH/c1-8-4-5-9(6-10(8)15(17)18)11-13(2,3)7-19-12(16)14-11;/h4-6,11H,7H2,1-3H3,(H,14,16);1H/t11-;/m1./s1. The molecule has 6 nitrogen and oxygen atoms in total. The molecule has 1 aromatic carbocycles. The van der Waals surface area contributed by atoms with Crippen molar-refractivity contribution in [1.82, 2.24) is 5.32 Å². The third-order valence-corrected chi connectivity index (χ3v) is 3.38. The first-order valence-corrected chi connectivity index (χ1v) is 5.99. The highest BCUT2D eigenvalue weighted by atomic mass is 35.5. The third kappa shape index (κ3) is 3.01. The molecule has 0 radical (unpaired) electrons. The summed E-state index contributed by atoms with van der Waals surface area (Å²) in [6, 6.07) is 4.73. The molecule has 0 saturated carbocycles. The lowest BCUT2D eigenvalue weighted by Crippen LogP contribution is -2.46. The van der Waals surface area contributed by atoms with Gasteiger partial charge in [0, 0.05) is 17.0 Å². The van der Waals surface area contributed by atoms with Gasteiger partial charge in [-0.2, -0.15) is 0 Å². The van der Waals surface area contributed by atoms with E-state index in [0.717, 1.165) is 5.56 Å².